The fourth-order valence-electron chi connectivity index (χ4n) is 2.75. The van der Waals surface area contributed by atoms with Crippen LogP contribution in [-0.4, -0.2) is 42.0 Å². The average Bonchev–Trinajstić information content (AvgIpc) is 3.21. The normalized spacial score (nSPS) is 12.6. The van der Waals surface area contributed by atoms with Gasteiger partial charge in [0.05, 0.1) is 12.6 Å². The van der Waals surface area contributed by atoms with Gasteiger partial charge in [-0.05, 0) is 31.7 Å². The molecule has 0 aliphatic heterocycles. The zero-order chi connectivity index (χ0) is 21.9. The predicted octanol–water partition coefficient (Wildman–Crippen LogP) is 0.632. The smallest absolute Gasteiger partial charge is 0.328 e. The van der Waals surface area contributed by atoms with Crippen LogP contribution in [0.5, 0.6) is 0 Å². The second kappa shape index (κ2) is 11.6. The number of oxazole rings is 1. The van der Waals surface area contributed by atoms with Gasteiger partial charge in [-0.3, -0.25) is 9.79 Å². The number of aliphatic imine (C=N–C) groups is 1. The largest absolute Gasteiger partial charge is 0.464 e. The highest BCUT2D eigenvalue weighted by atomic mass is 16.5. The number of hydrogen-bond donors (Lipinski definition) is 4. The number of hydrogen-bond acceptors (Lipinski definition) is 7. The SMILES string of the molecule is CCOC(=O)C(CCCN=C(N)N)NC(=O)c1coc(C(N)Cc2ccccc2)n1. The molecule has 0 fully saturated rings. The first kappa shape index (κ1) is 22.9. The fourth-order valence-corrected chi connectivity index (χ4v) is 2.75. The second-order valence-corrected chi connectivity index (χ2v) is 6.59. The number of aromatic nitrogens is 1. The van der Waals surface area contributed by atoms with Crippen molar-refractivity contribution in [3.63, 3.8) is 0 Å². The molecule has 0 bridgehead atoms. The van der Waals surface area contributed by atoms with Crippen LogP contribution in [0.1, 0.15) is 47.7 Å². The topological polar surface area (TPSA) is 172 Å². The Morgan fingerprint density at radius 2 is 2.00 bits per heavy atom. The molecule has 2 atom stereocenters. The number of carbonyl (C=O) groups is 2. The van der Waals surface area contributed by atoms with Gasteiger partial charge in [0, 0.05) is 6.54 Å². The Hall–Kier alpha value is -3.40. The Balaban J connectivity index is 1.99. The lowest BCUT2D eigenvalue weighted by molar-refractivity contribution is -0.145. The molecule has 0 saturated carbocycles. The van der Waals surface area contributed by atoms with E-state index in [1.165, 1.54) is 6.26 Å². The molecule has 1 amide bonds. The van der Waals surface area contributed by atoms with Crippen LogP contribution in [0.25, 0.3) is 0 Å². The molecular weight excluding hydrogens is 388 g/mol. The summed E-state index contributed by atoms with van der Waals surface area (Å²) in [6, 6.07) is 8.28. The van der Waals surface area contributed by atoms with E-state index in [-0.39, 0.29) is 24.2 Å². The summed E-state index contributed by atoms with van der Waals surface area (Å²) in [5.74, 6) is -0.894. The summed E-state index contributed by atoms with van der Waals surface area (Å²) in [5.41, 5.74) is 17.8. The Labute approximate surface area is 174 Å². The zero-order valence-corrected chi connectivity index (χ0v) is 16.9. The third-order valence-electron chi connectivity index (χ3n) is 4.19. The number of benzene rings is 1. The van der Waals surface area contributed by atoms with E-state index in [9.17, 15) is 9.59 Å². The Bertz CT molecular complexity index is 848. The highest BCUT2D eigenvalue weighted by molar-refractivity contribution is 5.94. The molecule has 0 spiro atoms. The first-order chi connectivity index (χ1) is 14.4. The van der Waals surface area contributed by atoms with Crippen LogP contribution in [0.15, 0.2) is 46.0 Å². The summed E-state index contributed by atoms with van der Waals surface area (Å²) in [7, 11) is 0. The molecule has 0 aliphatic carbocycles. The number of nitrogens with zero attached hydrogens (tertiary/aromatic N) is 2. The maximum absolute atomic E-state index is 12.5. The number of carbonyl (C=O) groups excluding carboxylic acids is 2. The van der Waals surface area contributed by atoms with Gasteiger partial charge in [0.2, 0.25) is 5.89 Å². The summed E-state index contributed by atoms with van der Waals surface area (Å²) in [4.78, 5) is 32.8. The number of ether oxygens (including phenoxy) is 1. The van der Waals surface area contributed by atoms with Crippen LogP contribution in [0.2, 0.25) is 0 Å². The maximum atomic E-state index is 12.5. The first-order valence-corrected chi connectivity index (χ1v) is 9.68. The van der Waals surface area contributed by atoms with Crippen molar-refractivity contribution in [3.8, 4) is 0 Å². The zero-order valence-electron chi connectivity index (χ0n) is 16.9. The fraction of sp³-hybridized carbons (Fsp3) is 0.400. The van der Waals surface area contributed by atoms with Crippen LogP contribution >= 0.6 is 0 Å². The molecule has 162 valence electrons. The quantitative estimate of drug-likeness (QED) is 0.179. The second-order valence-electron chi connectivity index (χ2n) is 6.59. The Morgan fingerprint density at radius 3 is 2.67 bits per heavy atom. The minimum atomic E-state index is -0.857. The van der Waals surface area contributed by atoms with Gasteiger partial charge < -0.3 is 31.7 Å². The standard InChI is InChI=1S/C20H28N6O4/c1-2-29-19(28)15(9-6-10-24-20(22)23)25-17(27)16-12-30-18(26-16)14(21)11-13-7-4-3-5-8-13/h3-5,7-8,12,14-15H,2,6,9-11,21H2,1H3,(H,25,27)(H4,22,23,24). The summed E-state index contributed by atoms with van der Waals surface area (Å²) in [6.07, 6.45) is 2.52. The van der Waals surface area contributed by atoms with Crippen LogP contribution in [0.4, 0.5) is 0 Å². The minimum absolute atomic E-state index is 0.0336. The van der Waals surface area contributed by atoms with Gasteiger partial charge in [-0.25, -0.2) is 9.78 Å². The van der Waals surface area contributed by atoms with E-state index in [4.69, 9.17) is 26.4 Å². The third kappa shape index (κ3) is 7.21. The van der Waals surface area contributed by atoms with Gasteiger partial charge >= 0.3 is 5.97 Å². The number of esters is 1. The van der Waals surface area contributed by atoms with Crippen molar-refractivity contribution in [2.45, 2.75) is 38.3 Å². The Morgan fingerprint density at radius 1 is 1.27 bits per heavy atom. The van der Waals surface area contributed by atoms with Crippen molar-refractivity contribution < 1.29 is 18.7 Å². The molecule has 1 aromatic carbocycles. The summed E-state index contributed by atoms with van der Waals surface area (Å²) >= 11 is 0. The van der Waals surface area contributed by atoms with Crippen LogP contribution < -0.4 is 22.5 Å². The lowest BCUT2D eigenvalue weighted by Gasteiger charge is -2.16. The van der Waals surface area contributed by atoms with Crippen LogP contribution in [-0.2, 0) is 16.0 Å². The first-order valence-electron chi connectivity index (χ1n) is 9.68. The number of guanidine groups is 1. The minimum Gasteiger partial charge on any atom is -0.464 e. The van der Waals surface area contributed by atoms with E-state index in [2.05, 4.69) is 15.3 Å². The van der Waals surface area contributed by atoms with E-state index in [0.29, 0.717) is 25.8 Å². The number of nitrogens with two attached hydrogens (primary N) is 3. The number of nitrogens with one attached hydrogen (secondary N) is 1. The maximum Gasteiger partial charge on any atom is 0.328 e. The summed E-state index contributed by atoms with van der Waals surface area (Å²) in [5, 5.41) is 2.62. The van der Waals surface area contributed by atoms with Crippen molar-refractivity contribution >= 4 is 17.8 Å². The van der Waals surface area contributed by atoms with E-state index >= 15 is 0 Å². The monoisotopic (exact) mass is 416 g/mol. The highest BCUT2D eigenvalue weighted by Crippen LogP contribution is 2.16. The lowest BCUT2D eigenvalue weighted by atomic mass is 10.1. The van der Waals surface area contributed by atoms with Gasteiger partial charge in [0.15, 0.2) is 11.7 Å². The van der Waals surface area contributed by atoms with Gasteiger partial charge in [0.1, 0.15) is 12.3 Å². The highest BCUT2D eigenvalue weighted by Gasteiger charge is 2.24. The van der Waals surface area contributed by atoms with Crippen molar-refractivity contribution in [1.29, 1.82) is 0 Å². The van der Waals surface area contributed by atoms with Crippen LogP contribution in [0, 0.1) is 0 Å². The van der Waals surface area contributed by atoms with E-state index in [1.54, 1.807) is 6.92 Å². The van der Waals surface area contributed by atoms with Crippen molar-refractivity contribution in [1.82, 2.24) is 10.3 Å². The molecule has 30 heavy (non-hydrogen) atoms. The number of rotatable bonds is 11. The molecule has 2 unspecified atom stereocenters. The molecule has 0 aliphatic rings. The molecule has 2 aromatic rings. The predicted molar refractivity (Wildman–Crippen MR) is 111 cm³/mol. The van der Waals surface area contributed by atoms with Gasteiger partial charge in [-0.1, -0.05) is 30.3 Å². The van der Waals surface area contributed by atoms with Crippen molar-refractivity contribution in [2.24, 2.45) is 22.2 Å². The van der Waals surface area contributed by atoms with Gasteiger partial charge in [0.25, 0.3) is 5.91 Å². The third-order valence-corrected chi connectivity index (χ3v) is 4.19. The molecule has 1 aromatic heterocycles. The molecule has 10 heteroatoms. The summed E-state index contributed by atoms with van der Waals surface area (Å²) in [6.45, 7) is 2.21. The Kier molecular flexibility index (Phi) is 8.82. The van der Waals surface area contributed by atoms with Crippen molar-refractivity contribution in [3.05, 3.63) is 53.7 Å². The molecular formula is C20H28N6O4. The molecule has 0 saturated heterocycles. The summed E-state index contributed by atoms with van der Waals surface area (Å²) < 4.78 is 10.4. The van der Waals surface area contributed by atoms with Crippen molar-refractivity contribution in [2.75, 3.05) is 13.2 Å². The van der Waals surface area contributed by atoms with Gasteiger partial charge in [-0.15, -0.1) is 0 Å². The van der Waals surface area contributed by atoms with Crippen LogP contribution in [0.3, 0.4) is 0 Å². The number of amides is 1. The molecule has 2 rings (SSSR count). The van der Waals surface area contributed by atoms with E-state index < -0.39 is 24.0 Å². The molecule has 1 heterocycles. The van der Waals surface area contributed by atoms with Gasteiger partial charge in [-0.2, -0.15) is 0 Å². The van der Waals surface area contributed by atoms with E-state index in [1.807, 2.05) is 30.3 Å². The molecule has 0 radical (unpaired) electrons. The lowest BCUT2D eigenvalue weighted by Crippen LogP contribution is -2.42. The molecule has 10 nitrogen and oxygen atoms in total. The average molecular weight is 416 g/mol. The van der Waals surface area contributed by atoms with E-state index in [0.717, 1.165) is 5.56 Å². The molecule has 7 N–H and O–H groups in total.